The molecule has 0 fully saturated rings. The van der Waals surface area contributed by atoms with Gasteiger partial charge in [-0.05, 0) is 30.2 Å². The van der Waals surface area contributed by atoms with Gasteiger partial charge in [0, 0.05) is 16.7 Å². The fraction of sp³-hybridized carbons (Fsp3) is 0.250. The van der Waals surface area contributed by atoms with Crippen LogP contribution in [0.1, 0.15) is 18.0 Å². The van der Waals surface area contributed by atoms with Crippen molar-refractivity contribution in [3.05, 3.63) is 53.8 Å². The van der Waals surface area contributed by atoms with Crippen LogP contribution in [0.15, 0.2) is 47.4 Å². The van der Waals surface area contributed by atoms with Crippen molar-refractivity contribution in [3.63, 3.8) is 0 Å². The zero-order chi connectivity index (χ0) is 13.9. The number of rotatable bonds is 3. The fourth-order valence-electron chi connectivity index (χ4n) is 2.42. The number of hydrogen-bond acceptors (Lipinski definition) is 3. The van der Waals surface area contributed by atoms with Crippen LogP contribution in [-0.2, 0) is 0 Å². The molecule has 0 aliphatic carbocycles. The normalized spacial score (nSPS) is 17.4. The highest BCUT2D eigenvalue weighted by molar-refractivity contribution is 7.99. The maximum absolute atomic E-state index is 13.9. The molecule has 1 aliphatic rings. The van der Waals surface area contributed by atoms with E-state index in [0.29, 0.717) is 11.4 Å². The van der Waals surface area contributed by atoms with E-state index in [2.05, 4.69) is 17.4 Å². The fourth-order valence-corrected chi connectivity index (χ4v) is 3.55. The molecule has 1 atom stereocenters. The lowest BCUT2D eigenvalue weighted by Crippen LogP contribution is -2.16. The summed E-state index contributed by atoms with van der Waals surface area (Å²) in [5, 5.41) is 3.31. The Bertz CT molecular complexity index is 617. The first-order chi connectivity index (χ1) is 9.78. The molecule has 0 amide bonds. The molecule has 2 aromatic carbocycles. The van der Waals surface area contributed by atoms with Crippen molar-refractivity contribution in [2.45, 2.75) is 17.4 Å². The Morgan fingerprint density at radius 3 is 2.95 bits per heavy atom. The second kappa shape index (κ2) is 5.75. The predicted molar refractivity (Wildman–Crippen MR) is 81.1 cm³/mol. The minimum Gasteiger partial charge on any atom is -0.497 e. The van der Waals surface area contributed by atoms with Gasteiger partial charge in [-0.1, -0.05) is 18.2 Å². The summed E-state index contributed by atoms with van der Waals surface area (Å²) in [6.07, 6.45) is 0.984. The van der Waals surface area contributed by atoms with Gasteiger partial charge in [0.2, 0.25) is 0 Å². The number of fused-ring (bicyclic) bond motifs is 1. The molecule has 0 saturated heterocycles. The van der Waals surface area contributed by atoms with Gasteiger partial charge in [-0.2, -0.15) is 0 Å². The van der Waals surface area contributed by atoms with Crippen LogP contribution >= 0.6 is 11.8 Å². The number of hydrogen-bond donors (Lipinski definition) is 1. The number of thioether (sulfide) groups is 1. The van der Waals surface area contributed by atoms with E-state index in [4.69, 9.17) is 4.74 Å². The molecule has 2 nitrogen and oxygen atoms in total. The van der Waals surface area contributed by atoms with Crippen molar-refractivity contribution in [1.82, 2.24) is 0 Å². The van der Waals surface area contributed by atoms with Gasteiger partial charge in [-0.25, -0.2) is 4.39 Å². The minimum atomic E-state index is -0.249. The van der Waals surface area contributed by atoms with Crippen molar-refractivity contribution < 1.29 is 9.13 Å². The summed E-state index contributed by atoms with van der Waals surface area (Å²) in [7, 11) is 1.59. The Labute approximate surface area is 122 Å². The van der Waals surface area contributed by atoms with E-state index in [-0.39, 0.29) is 11.9 Å². The molecule has 1 aliphatic heterocycles. The Balaban J connectivity index is 1.89. The van der Waals surface area contributed by atoms with Crippen LogP contribution in [0.5, 0.6) is 5.75 Å². The first-order valence-corrected chi connectivity index (χ1v) is 7.58. The minimum absolute atomic E-state index is 0.147. The summed E-state index contributed by atoms with van der Waals surface area (Å²) in [5.74, 6) is 1.45. The van der Waals surface area contributed by atoms with Crippen LogP contribution in [0.3, 0.4) is 0 Å². The van der Waals surface area contributed by atoms with Gasteiger partial charge >= 0.3 is 0 Å². The van der Waals surface area contributed by atoms with E-state index < -0.39 is 0 Å². The second-order valence-corrected chi connectivity index (χ2v) is 5.85. The molecule has 1 unspecified atom stereocenters. The number of nitrogens with one attached hydrogen (secondary N) is 1. The molecule has 1 N–H and O–H groups in total. The highest BCUT2D eigenvalue weighted by atomic mass is 32.2. The van der Waals surface area contributed by atoms with Crippen LogP contribution in [0.25, 0.3) is 0 Å². The molecule has 3 rings (SSSR count). The summed E-state index contributed by atoms with van der Waals surface area (Å²) in [5.41, 5.74) is 1.74. The first kappa shape index (κ1) is 13.3. The van der Waals surface area contributed by atoms with Gasteiger partial charge in [-0.3, -0.25) is 0 Å². The smallest absolute Gasteiger partial charge is 0.146 e. The van der Waals surface area contributed by atoms with Gasteiger partial charge in [-0.15, -0.1) is 11.8 Å². The predicted octanol–water partition coefficient (Wildman–Crippen LogP) is 4.48. The lowest BCUT2D eigenvalue weighted by Gasteiger charge is -2.27. The van der Waals surface area contributed by atoms with E-state index in [1.807, 2.05) is 23.9 Å². The number of ether oxygens (including phenoxy) is 1. The molecule has 1 heterocycles. The molecule has 104 valence electrons. The highest BCUT2D eigenvalue weighted by Crippen LogP contribution is 2.38. The molecule has 4 heteroatoms. The van der Waals surface area contributed by atoms with Gasteiger partial charge in [0.25, 0.3) is 0 Å². The van der Waals surface area contributed by atoms with E-state index in [1.54, 1.807) is 19.2 Å². The summed E-state index contributed by atoms with van der Waals surface area (Å²) in [4.78, 5) is 1.28. The topological polar surface area (TPSA) is 21.3 Å². The van der Waals surface area contributed by atoms with Crippen molar-refractivity contribution in [1.29, 1.82) is 0 Å². The third-order valence-corrected chi connectivity index (χ3v) is 4.58. The van der Waals surface area contributed by atoms with E-state index in [0.717, 1.165) is 12.2 Å². The van der Waals surface area contributed by atoms with Crippen molar-refractivity contribution in [2.75, 3.05) is 18.2 Å². The van der Waals surface area contributed by atoms with Gasteiger partial charge in [0.15, 0.2) is 0 Å². The number of halogens is 1. The summed E-state index contributed by atoms with van der Waals surface area (Å²) >= 11 is 1.86. The van der Waals surface area contributed by atoms with E-state index in [1.165, 1.54) is 16.5 Å². The van der Waals surface area contributed by atoms with Crippen LogP contribution in [0.4, 0.5) is 10.1 Å². The molecule has 0 spiro atoms. The van der Waals surface area contributed by atoms with Crippen molar-refractivity contribution >= 4 is 17.4 Å². The van der Waals surface area contributed by atoms with Crippen LogP contribution in [0.2, 0.25) is 0 Å². The third kappa shape index (κ3) is 2.61. The Kier molecular flexibility index (Phi) is 3.83. The average molecular weight is 289 g/mol. The highest BCUT2D eigenvalue weighted by Gasteiger charge is 2.21. The standard InChI is InChI=1S/C16H16FNOS/c1-19-11-6-7-13(17)15(10-11)18-14-8-9-20-16-5-3-2-4-12(14)16/h2-7,10,14,18H,8-9H2,1H3. The molecular weight excluding hydrogens is 273 g/mol. The summed E-state index contributed by atoms with van der Waals surface area (Å²) in [6.45, 7) is 0. The second-order valence-electron chi connectivity index (χ2n) is 4.72. The molecule has 0 radical (unpaired) electrons. The molecule has 20 heavy (non-hydrogen) atoms. The molecule has 0 saturated carbocycles. The van der Waals surface area contributed by atoms with E-state index >= 15 is 0 Å². The van der Waals surface area contributed by atoms with Crippen LogP contribution in [0, 0.1) is 5.82 Å². The summed E-state index contributed by atoms with van der Waals surface area (Å²) in [6, 6.07) is 13.2. The first-order valence-electron chi connectivity index (χ1n) is 6.60. The Morgan fingerprint density at radius 1 is 1.25 bits per heavy atom. The van der Waals surface area contributed by atoms with Gasteiger partial charge in [0.1, 0.15) is 11.6 Å². The maximum atomic E-state index is 13.9. The average Bonchev–Trinajstić information content (AvgIpc) is 2.50. The lowest BCUT2D eigenvalue weighted by molar-refractivity contribution is 0.414. The summed E-state index contributed by atoms with van der Waals surface area (Å²) < 4.78 is 19.1. The quantitative estimate of drug-likeness (QED) is 0.900. The molecule has 2 aromatic rings. The Morgan fingerprint density at radius 2 is 2.10 bits per heavy atom. The van der Waals surface area contributed by atoms with Crippen LogP contribution < -0.4 is 10.1 Å². The van der Waals surface area contributed by atoms with Gasteiger partial charge < -0.3 is 10.1 Å². The zero-order valence-corrected chi connectivity index (χ0v) is 12.0. The molecular formula is C16H16FNOS. The van der Waals surface area contributed by atoms with Crippen LogP contribution in [-0.4, -0.2) is 12.9 Å². The van der Waals surface area contributed by atoms with Gasteiger partial charge in [0.05, 0.1) is 18.8 Å². The lowest BCUT2D eigenvalue weighted by atomic mass is 10.0. The third-order valence-electron chi connectivity index (χ3n) is 3.46. The Hall–Kier alpha value is -1.68. The van der Waals surface area contributed by atoms with Crippen molar-refractivity contribution in [3.8, 4) is 5.75 Å². The van der Waals surface area contributed by atoms with E-state index in [9.17, 15) is 4.39 Å². The zero-order valence-electron chi connectivity index (χ0n) is 11.2. The molecule has 0 bridgehead atoms. The number of anilines is 1. The maximum Gasteiger partial charge on any atom is 0.146 e. The monoisotopic (exact) mass is 289 g/mol. The number of methoxy groups -OCH3 is 1. The van der Waals surface area contributed by atoms with Crippen molar-refractivity contribution in [2.24, 2.45) is 0 Å². The molecule has 0 aromatic heterocycles. The number of benzene rings is 2. The largest absolute Gasteiger partial charge is 0.497 e. The SMILES string of the molecule is COc1ccc(F)c(NC2CCSc3ccccc32)c1.